The van der Waals surface area contributed by atoms with Crippen molar-refractivity contribution in [1.29, 1.82) is 0 Å². The van der Waals surface area contributed by atoms with Crippen molar-refractivity contribution in [1.82, 2.24) is 0 Å². The minimum Gasteiger partial charge on any atom is -0.478 e. The first-order valence-corrected chi connectivity index (χ1v) is 4.76. The van der Waals surface area contributed by atoms with Crippen molar-refractivity contribution in [3.05, 3.63) is 29.8 Å². The average molecular weight is 220 g/mol. The molecule has 1 atom stereocenters. The zero-order valence-electron chi connectivity index (χ0n) is 6.81. The molecule has 1 N–H and O–H groups in total. The SMILES string of the molecule is O=C(O)c1ccccc1S(=O)C(F)F. The second-order valence-electron chi connectivity index (χ2n) is 2.36. The van der Waals surface area contributed by atoms with Gasteiger partial charge in [-0.2, -0.15) is 8.78 Å². The maximum Gasteiger partial charge on any atom is 0.336 e. The largest absolute Gasteiger partial charge is 0.478 e. The lowest BCUT2D eigenvalue weighted by atomic mass is 10.2. The first kappa shape index (κ1) is 10.8. The molecule has 3 nitrogen and oxygen atoms in total. The van der Waals surface area contributed by atoms with Crippen LogP contribution in [0.25, 0.3) is 0 Å². The monoisotopic (exact) mass is 220 g/mol. The molecule has 0 saturated carbocycles. The average Bonchev–Trinajstić information content (AvgIpc) is 2.16. The molecule has 0 bridgehead atoms. The standard InChI is InChI=1S/C8H6F2O3S/c9-8(10)14(13)6-4-2-1-3-5(6)7(11)12/h1-4,8H,(H,11,12). The quantitative estimate of drug-likeness (QED) is 0.843. The Kier molecular flexibility index (Phi) is 3.29. The Balaban J connectivity index is 3.20. The number of hydrogen-bond donors (Lipinski definition) is 1. The number of rotatable bonds is 3. The zero-order chi connectivity index (χ0) is 10.7. The Morgan fingerprint density at radius 1 is 1.36 bits per heavy atom. The van der Waals surface area contributed by atoms with Crippen LogP contribution in [0.4, 0.5) is 8.78 Å². The predicted octanol–water partition coefficient (Wildman–Crippen LogP) is 1.72. The Bertz CT molecular complexity index is 379. The molecular weight excluding hydrogens is 214 g/mol. The lowest BCUT2D eigenvalue weighted by molar-refractivity contribution is 0.0693. The minimum absolute atomic E-state index is 0.352. The summed E-state index contributed by atoms with van der Waals surface area (Å²) in [6.45, 7) is 0. The van der Waals surface area contributed by atoms with E-state index >= 15 is 0 Å². The van der Waals surface area contributed by atoms with Gasteiger partial charge in [0, 0.05) is 0 Å². The van der Waals surface area contributed by atoms with E-state index < -0.39 is 22.5 Å². The molecule has 76 valence electrons. The molecule has 0 aliphatic carbocycles. The molecule has 0 aliphatic heterocycles. The highest BCUT2D eigenvalue weighted by atomic mass is 32.2. The first-order valence-electron chi connectivity index (χ1n) is 3.55. The molecule has 0 radical (unpaired) electrons. The molecule has 0 fully saturated rings. The van der Waals surface area contributed by atoms with Crippen LogP contribution >= 0.6 is 0 Å². The molecule has 1 aromatic carbocycles. The molecule has 14 heavy (non-hydrogen) atoms. The Labute approximate surface area is 80.8 Å². The highest BCUT2D eigenvalue weighted by molar-refractivity contribution is 7.85. The molecule has 6 heteroatoms. The number of carbonyl (C=O) groups is 1. The number of alkyl halides is 2. The first-order chi connectivity index (χ1) is 6.54. The van der Waals surface area contributed by atoms with E-state index in [1.165, 1.54) is 12.1 Å². The fraction of sp³-hybridized carbons (Fsp3) is 0.125. The van der Waals surface area contributed by atoms with Crippen LogP contribution in [0.1, 0.15) is 10.4 Å². The minimum atomic E-state index is -3.07. The van der Waals surface area contributed by atoms with Crippen LogP contribution in [0.2, 0.25) is 0 Å². The van der Waals surface area contributed by atoms with Crippen molar-refractivity contribution in [3.8, 4) is 0 Å². The summed E-state index contributed by atoms with van der Waals surface area (Å²) in [5, 5.41) is 8.62. The van der Waals surface area contributed by atoms with Crippen molar-refractivity contribution in [2.45, 2.75) is 10.7 Å². The number of aromatic carboxylic acids is 1. The van der Waals surface area contributed by atoms with Gasteiger partial charge in [-0.05, 0) is 12.1 Å². The van der Waals surface area contributed by atoms with Crippen molar-refractivity contribution < 1.29 is 22.9 Å². The summed E-state index contributed by atoms with van der Waals surface area (Å²) in [4.78, 5) is 10.2. The van der Waals surface area contributed by atoms with E-state index in [2.05, 4.69) is 0 Å². The summed E-state index contributed by atoms with van der Waals surface area (Å²) in [7, 11) is -2.58. The van der Waals surface area contributed by atoms with E-state index in [-0.39, 0.29) is 10.5 Å². The van der Waals surface area contributed by atoms with Crippen molar-refractivity contribution in [2.24, 2.45) is 0 Å². The van der Waals surface area contributed by atoms with E-state index in [1.54, 1.807) is 0 Å². The smallest absolute Gasteiger partial charge is 0.336 e. The van der Waals surface area contributed by atoms with Gasteiger partial charge in [0.1, 0.15) is 10.8 Å². The van der Waals surface area contributed by atoms with Gasteiger partial charge in [-0.15, -0.1) is 0 Å². The van der Waals surface area contributed by atoms with Crippen LogP contribution in [0.15, 0.2) is 29.2 Å². The topological polar surface area (TPSA) is 54.4 Å². The molecule has 0 amide bonds. The van der Waals surface area contributed by atoms with E-state index in [0.29, 0.717) is 0 Å². The fourth-order valence-corrected chi connectivity index (χ4v) is 1.69. The summed E-state index contributed by atoms with van der Waals surface area (Å²) in [6, 6.07) is 5.00. The summed E-state index contributed by atoms with van der Waals surface area (Å²) >= 11 is 0. The Morgan fingerprint density at radius 2 is 1.93 bits per heavy atom. The van der Waals surface area contributed by atoms with Crippen molar-refractivity contribution in [2.75, 3.05) is 0 Å². The molecule has 1 unspecified atom stereocenters. The van der Waals surface area contributed by atoms with E-state index in [0.717, 1.165) is 12.1 Å². The third-order valence-corrected chi connectivity index (χ3v) is 2.61. The predicted molar refractivity (Wildman–Crippen MR) is 45.8 cm³/mol. The molecule has 0 saturated heterocycles. The van der Waals surface area contributed by atoms with Gasteiger partial charge in [0.05, 0.1) is 10.5 Å². The summed E-state index contributed by atoms with van der Waals surface area (Å²) < 4.78 is 35.1. The molecule has 0 spiro atoms. The Hall–Kier alpha value is -1.30. The summed E-state index contributed by atoms with van der Waals surface area (Å²) in [5.74, 6) is -4.44. The van der Waals surface area contributed by atoms with E-state index in [1.807, 2.05) is 0 Å². The molecule has 0 aliphatic rings. The van der Waals surface area contributed by atoms with E-state index in [9.17, 15) is 17.8 Å². The summed E-state index contributed by atoms with van der Waals surface area (Å²) in [6.07, 6.45) is 0. The molecule has 1 aromatic rings. The van der Waals surface area contributed by atoms with Crippen LogP contribution < -0.4 is 0 Å². The van der Waals surface area contributed by atoms with Crippen LogP contribution in [-0.2, 0) is 10.8 Å². The van der Waals surface area contributed by atoms with Gasteiger partial charge in [-0.3, -0.25) is 0 Å². The molecule has 0 aromatic heterocycles. The van der Waals surface area contributed by atoms with Gasteiger partial charge in [0.2, 0.25) is 0 Å². The normalized spacial score (nSPS) is 12.8. The van der Waals surface area contributed by atoms with Crippen molar-refractivity contribution in [3.63, 3.8) is 0 Å². The van der Waals surface area contributed by atoms with Crippen LogP contribution in [0.5, 0.6) is 0 Å². The lowest BCUT2D eigenvalue weighted by Crippen LogP contribution is -2.09. The van der Waals surface area contributed by atoms with Gasteiger partial charge in [0.15, 0.2) is 0 Å². The van der Waals surface area contributed by atoms with E-state index in [4.69, 9.17) is 5.11 Å². The highest BCUT2D eigenvalue weighted by Gasteiger charge is 2.21. The molecular formula is C8H6F2O3S. The maximum atomic E-state index is 12.1. The van der Waals surface area contributed by atoms with Crippen LogP contribution in [-0.4, -0.2) is 21.0 Å². The second kappa shape index (κ2) is 4.28. The third-order valence-electron chi connectivity index (χ3n) is 1.50. The number of benzene rings is 1. The van der Waals surface area contributed by atoms with Gasteiger partial charge in [-0.1, -0.05) is 12.1 Å². The van der Waals surface area contributed by atoms with Crippen LogP contribution in [0, 0.1) is 0 Å². The van der Waals surface area contributed by atoms with Crippen LogP contribution in [0.3, 0.4) is 0 Å². The highest BCUT2D eigenvalue weighted by Crippen LogP contribution is 2.18. The van der Waals surface area contributed by atoms with Gasteiger partial charge in [0.25, 0.3) is 0 Å². The number of hydrogen-bond acceptors (Lipinski definition) is 2. The molecule has 1 rings (SSSR count). The zero-order valence-corrected chi connectivity index (χ0v) is 7.63. The third kappa shape index (κ3) is 2.14. The maximum absolute atomic E-state index is 12.1. The van der Waals surface area contributed by atoms with Gasteiger partial charge in [-0.25, -0.2) is 9.00 Å². The number of carboxylic acids is 1. The number of halogens is 2. The fourth-order valence-electron chi connectivity index (χ4n) is 0.915. The number of carboxylic acid groups (broad SMARTS) is 1. The lowest BCUT2D eigenvalue weighted by Gasteiger charge is -2.03. The van der Waals surface area contributed by atoms with Crippen molar-refractivity contribution >= 4 is 16.8 Å². The molecule has 0 heterocycles. The van der Waals surface area contributed by atoms with Gasteiger partial charge < -0.3 is 5.11 Å². The Morgan fingerprint density at radius 3 is 2.43 bits per heavy atom. The van der Waals surface area contributed by atoms with Gasteiger partial charge >= 0.3 is 11.7 Å². The summed E-state index contributed by atoms with van der Waals surface area (Å²) in [5.41, 5.74) is -0.355. The second-order valence-corrected chi connectivity index (χ2v) is 3.75.